The van der Waals surface area contributed by atoms with Gasteiger partial charge < -0.3 is 14.7 Å². The van der Waals surface area contributed by atoms with E-state index in [1.807, 2.05) is 51.1 Å². The van der Waals surface area contributed by atoms with Gasteiger partial charge in [0.15, 0.2) is 0 Å². The number of urea groups is 1. The molecule has 0 atom stereocenters. The van der Waals surface area contributed by atoms with E-state index in [1.54, 1.807) is 32.3 Å². The smallest absolute Gasteiger partial charge is 0.490 e. The highest BCUT2D eigenvalue weighted by Crippen LogP contribution is 2.42. The van der Waals surface area contributed by atoms with Crippen LogP contribution in [0.3, 0.4) is 0 Å². The predicted octanol–water partition coefficient (Wildman–Crippen LogP) is 6.01. The molecular formula is C35H38F4N4O6. The van der Waals surface area contributed by atoms with Gasteiger partial charge in [0.1, 0.15) is 17.1 Å². The van der Waals surface area contributed by atoms with Gasteiger partial charge >= 0.3 is 18.2 Å². The van der Waals surface area contributed by atoms with E-state index < -0.39 is 29.5 Å². The Balaban J connectivity index is 0.000000698. The summed E-state index contributed by atoms with van der Waals surface area (Å²) in [6, 6.07) is 17.1. The molecule has 10 nitrogen and oxygen atoms in total. The number of ether oxygens (including phenoxy) is 1. The van der Waals surface area contributed by atoms with Crippen LogP contribution >= 0.6 is 0 Å². The molecule has 2 fully saturated rings. The molecule has 0 radical (unpaired) electrons. The summed E-state index contributed by atoms with van der Waals surface area (Å²) in [5.74, 6) is -2.93. The van der Waals surface area contributed by atoms with E-state index in [0.29, 0.717) is 49.3 Å². The number of carbonyl (C=O) groups is 4. The Morgan fingerprint density at radius 2 is 1.67 bits per heavy atom. The minimum Gasteiger partial charge on any atom is -0.491 e. The summed E-state index contributed by atoms with van der Waals surface area (Å²) in [7, 11) is 3.39. The second-order valence-corrected chi connectivity index (χ2v) is 12.4. The van der Waals surface area contributed by atoms with Gasteiger partial charge in [-0.15, -0.1) is 0 Å². The van der Waals surface area contributed by atoms with Crippen LogP contribution in [0.4, 0.5) is 28.0 Å². The average molecular weight is 687 g/mol. The number of anilines is 1. The maximum atomic E-state index is 14.7. The lowest BCUT2D eigenvalue weighted by molar-refractivity contribution is -0.192. The van der Waals surface area contributed by atoms with Gasteiger partial charge in [0.05, 0.1) is 11.8 Å². The largest absolute Gasteiger partial charge is 0.491 e. The first-order valence-corrected chi connectivity index (χ1v) is 15.5. The van der Waals surface area contributed by atoms with Gasteiger partial charge in [-0.25, -0.2) is 14.0 Å². The van der Waals surface area contributed by atoms with Gasteiger partial charge in [-0.3, -0.25) is 24.7 Å². The summed E-state index contributed by atoms with van der Waals surface area (Å²) >= 11 is 0. The number of carbonyl (C=O) groups excluding carboxylic acids is 3. The topological polar surface area (TPSA) is 119 Å². The average Bonchev–Trinajstić information content (AvgIpc) is 3.25. The normalized spacial score (nSPS) is 15.9. The Bertz CT molecular complexity index is 1740. The van der Waals surface area contributed by atoms with Crippen molar-refractivity contribution in [1.29, 1.82) is 0 Å². The molecule has 2 saturated heterocycles. The molecule has 2 aliphatic rings. The number of imide groups is 1. The number of aryl methyl sites for hydroxylation is 1. The second-order valence-electron chi connectivity index (χ2n) is 12.4. The number of hydrogen-bond donors (Lipinski definition) is 2. The van der Waals surface area contributed by atoms with Crippen LogP contribution in [0.25, 0.3) is 11.1 Å². The van der Waals surface area contributed by atoms with E-state index in [2.05, 4.69) is 10.2 Å². The summed E-state index contributed by atoms with van der Waals surface area (Å²) < 4.78 is 52.3. The zero-order chi connectivity index (χ0) is 36.3. The molecule has 0 bridgehead atoms. The van der Waals surface area contributed by atoms with Gasteiger partial charge in [0.2, 0.25) is 0 Å². The zero-order valence-electron chi connectivity index (χ0n) is 27.7. The molecule has 1 spiro atoms. The second kappa shape index (κ2) is 14.6. The molecule has 49 heavy (non-hydrogen) atoms. The minimum atomic E-state index is -5.08. The molecule has 4 amide bonds. The van der Waals surface area contributed by atoms with Crippen molar-refractivity contribution < 1.29 is 46.6 Å². The molecular weight excluding hydrogens is 648 g/mol. The standard InChI is InChI=1S/C33H37FN4O4.C2HF3O2/c1-21(2)42-26-8-6-7-23(18-26)20-37-15-13-33(14-16-37)31(40)35-32(41)38(33)29-19-25(34)10-12-28(29)24-9-11-27(22(3)17-24)30(39)36(4)5;3-2(4,5)1(6)7/h6-12,17-19,21H,13-16,20H2,1-5H3,(H,35,40,41);(H,6,7). The summed E-state index contributed by atoms with van der Waals surface area (Å²) in [5.41, 5.74) is 2.96. The fourth-order valence-electron chi connectivity index (χ4n) is 5.93. The monoisotopic (exact) mass is 686 g/mol. The highest BCUT2D eigenvalue weighted by Gasteiger charge is 2.55. The number of rotatable bonds is 7. The van der Waals surface area contributed by atoms with Gasteiger partial charge in [-0.05, 0) is 86.7 Å². The van der Waals surface area contributed by atoms with Gasteiger partial charge in [0, 0.05) is 44.9 Å². The number of hydrogen-bond acceptors (Lipinski definition) is 6. The first-order valence-electron chi connectivity index (χ1n) is 15.5. The third-order valence-electron chi connectivity index (χ3n) is 8.25. The van der Waals surface area contributed by atoms with Crippen molar-refractivity contribution in [2.24, 2.45) is 0 Å². The molecule has 0 saturated carbocycles. The third kappa shape index (κ3) is 8.37. The van der Waals surface area contributed by atoms with E-state index in [-0.39, 0.29) is 17.9 Å². The fourth-order valence-corrected chi connectivity index (χ4v) is 5.93. The van der Waals surface area contributed by atoms with Crippen LogP contribution in [-0.4, -0.2) is 83.7 Å². The van der Waals surface area contributed by atoms with Crippen molar-refractivity contribution in [3.05, 3.63) is 83.2 Å². The minimum absolute atomic E-state index is 0.0783. The summed E-state index contributed by atoms with van der Waals surface area (Å²) in [4.78, 5) is 53.4. The molecule has 262 valence electrons. The number of benzene rings is 3. The molecule has 0 unspecified atom stereocenters. The van der Waals surface area contributed by atoms with Crippen LogP contribution in [0, 0.1) is 12.7 Å². The fraction of sp³-hybridized carbons (Fsp3) is 0.371. The first kappa shape index (κ1) is 36.8. The molecule has 14 heteroatoms. The molecule has 3 aromatic carbocycles. The Kier molecular flexibility index (Phi) is 11.0. The Morgan fingerprint density at radius 3 is 2.24 bits per heavy atom. The van der Waals surface area contributed by atoms with E-state index in [4.69, 9.17) is 14.6 Å². The number of carboxylic acid groups (broad SMARTS) is 1. The van der Waals surface area contributed by atoms with Gasteiger partial charge in [-0.2, -0.15) is 13.2 Å². The lowest BCUT2D eigenvalue weighted by atomic mass is 9.84. The van der Waals surface area contributed by atoms with Crippen molar-refractivity contribution in [2.45, 2.75) is 58.0 Å². The van der Waals surface area contributed by atoms with Crippen LogP contribution in [0.5, 0.6) is 5.75 Å². The number of likely N-dealkylation sites (tertiary alicyclic amines) is 1. The van der Waals surface area contributed by atoms with E-state index >= 15 is 0 Å². The lowest BCUT2D eigenvalue weighted by Gasteiger charge is -2.42. The Morgan fingerprint density at radius 1 is 1.02 bits per heavy atom. The SMILES string of the molecule is Cc1cc(-c2ccc(F)cc2N2C(=O)NC(=O)C23CCN(Cc2cccc(OC(C)C)c2)CC3)ccc1C(=O)N(C)C.O=C(O)C(F)(F)F. The quantitative estimate of drug-likeness (QED) is 0.231. The maximum Gasteiger partial charge on any atom is 0.490 e. The Labute approximate surface area is 281 Å². The number of alkyl halides is 3. The Hall–Kier alpha value is -4.98. The number of amides is 4. The maximum absolute atomic E-state index is 14.7. The van der Waals surface area contributed by atoms with Crippen LogP contribution < -0.4 is 15.0 Å². The first-order chi connectivity index (χ1) is 22.9. The molecule has 2 aliphatic heterocycles. The van der Waals surface area contributed by atoms with E-state index in [1.165, 1.54) is 21.9 Å². The van der Waals surface area contributed by atoms with Crippen LogP contribution in [0.15, 0.2) is 60.7 Å². The summed E-state index contributed by atoms with van der Waals surface area (Å²) in [5, 5.41) is 9.63. The number of halogens is 4. The third-order valence-corrected chi connectivity index (χ3v) is 8.25. The van der Waals surface area contributed by atoms with Crippen molar-refractivity contribution in [3.8, 4) is 16.9 Å². The van der Waals surface area contributed by atoms with Crippen molar-refractivity contribution in [3.63, 3.8) is 0 Å². The van der Waals surface area contributed by atoms with Crippen molar-refractivity contribution >= 4 is 29.5 Å². The lowest BCUT2D eigenvalue weighted by Crippen LogP contribution is -2.56. The highest BCUT2D eigenvalue weighted by molar-refractivity contribution is 6.18. The van der Waals surface area contributed by atoms with Crippen molar-refractivity contribution in [1.82, 2.24) is 15.1 Å². The van der Waals surface area contributed by atoms with Crippen molar-refractivity contribution in [2.75, 3.05) is 32.1 Å². The number of aliphatic carboxylic acids is 1. The molecule has 2 heterocycles. The van der Waals surface area contributed by atoms with Crippen LogP contribution in [0.2, 0.25) is 0 Å². The summed E-state index contributed by atoms with van der Waals surface area (Å²) in [6.45, 7) is 7.67. The summed E-state index contributed by atoms with van der Waals surface area (Å²) in [6.07, 6.45) is -4.20. The highest BCUT2D eigenvalue weighted by atomic mass is 19.4. The number of nitrogens with zero attached hydrogens (tertiary/aromatic N) is 3. The number of nitrogens with one attached hydrogen (secondary N) is 1. The van der Waals surface area contributed by atoms with Gasteiger partial charge in [-0.1, -0.05) is 24.3 Å². The molecule has 3 aromatic rings. The van der Waals surface area contributed by atoms with Crippen LogP contribution in [-0.2, 0) is 16.1 Å². The molecule has 2 N–H and O–H groups in total. The van der Waals surface area contributed by atoms with E-state index in [0.717, 1.165) is 22.4 Å². The molecule has 0 aromatic heterocycles. The number of carboxylic acids is 1. The van der Waals surface area contributed by atoms with Crippen LogP contribution in [0.1, 0.15) is 48.2 Å². The van der Waals surface area contributed by atoms with E-state index in [9.17, 15) is 31.9 Å². The number of piperidine rings is 1. The zero-order valence-corrected chi connectivity index (χ0v) is 27.7. The predicted molar refractivity (Wildman–Crippen MR) is 174 cm³/mol. The van der Waals surface area contributed by atoms with Gasteiger partial charge in [0.25, 0.3) is 11.8 Å². The molecule has 0 aliphatic carbocycles. The molecule has 5 rings (SSSR count).